The summed E-state index contributed by atoms with van der Waals surface area (Å²) in [6, 6.07) is 19.7. The third-order valence-electron chi connectivity index (χ3n) is 5.51. The van der Waals surface area contributed by atoms with Gasteiger partial charge in [-0.05, 0) is 23.0 Å². The molecule has 1 heterocycles. The van der Waals surface area contributed by atoms with E-state index in [9.17, 15) is 9.59 Å². The summed E-state index contributed by atoms with van der Waals surface area (Å²) in [5.74, 6) is 0.321. The Morgan fingerprint density at radius 1 is 1.00 bits per heavy atom. The zero-order valence-electron chi connectivity index (χ0n) is 16.2. The van der Waals surface area contributed by atoms with Crippen LogP contribution in [0.15, 0.2) is 60.7 Å². The Bertz CT molecular complexity index is 733. The molecule has 0 N–H and O–H groups in total. The lowest BCUT2D eigenvalue weighted by Gasteiger charge is -2.29. The van der Waals surface area contributed by atoms with Crippen molar-refractivity contribution in [3.05, 3.63) is 71.8 Å². The minimum absolute atomic E-state index is 0.114. The van der Waals surface area contributed by atoms with Crippen molar-refractivity contribution in [3.63, 3.8) is 0 Å². The first-order valence-corrected chi connectivity index (χ1v) is 9.57. The fourth-order valence-corrected chi connectivity index (χ4v) is 3.54. The van der Waals surface area contributed by atoms with Crippen molar-refractivity contribution in [2.45, 2.75) is 39.2 Å². The average molecular weight is 365 g/mol. The van der Waals surface area contributed by atoms with Crippen LogP contribution < -0.4 is 0 Å². The number of ether oxygens (including phenoxy) is 1. The van der Waals surface area contributed by atoms with Crippen LogP contribution in [0.2, 0.25) is 0 Å². The normalized spacial score (nSPS) is 18.0. The maximum absolute atomic E-state index is 13.0. The van der Waals surface area contributed by atoms with Gasteiger partial charge in [0.25, 0.3) is 0 Å². The van der Waals surface area contributed by atoms with Crippen LogP contribution in [0.1, 0.15) is 44.2 Å². The second-order valence-electron chi connectivity index (χ2n) is 7.63. The number of carbonyl (C=O) groups is 2. The van der Waals surface area contributed by atoms with E-state index in [1.807, 2.05) is 67.6 Å². The number of imide groups is 1. The number of hydrogen-bond donors (Lipinski definition) is 0. The van der Waals surface area contributed by atoms with Crippen LogP contribution in [0.3, 0.4) is 0 Å². The zero-order chi connectivity index (χ0) is 19.4. The molecule has 1 aliphatic heterocycles. The molecule has 0 radical (unpaired) electrons. The Balaban J connectivity index is 1.95. The molecule has 1 saturated heterocycles. The first-order chi connectivity index (χ1) is 13.0. The molecular formula is C23H27NO3. The van der Waals surface area contributed by atoms with Gasteiger partial charge in [0.15, 0.2) is 0 Å². The highest BCUT2D eigenvalue weighted by Gasteiger charge is 2.43. The van der Waals surface area contributed by atoms with Crippen molar-refractivity contribution < 1.29 is 14.3 Å². The summed E-state index contributed by atoms with van der Waals surface area (Å²) in [6.07, 6.45) is -0.183. The maximum atomic E-state index is 13.0. The minimum atomic E-state index is -0.530. The molecule has 0 aromatic heterocycles. The third-order valence-corrected chi connectivity index (χ3v) is 5.51. The molecular weight excluding hydrogens is 338 g/mol. The number of benzene rings is 2. The molecule has 3 rings (SSSR count). The Morgan fingerprint density at radius 2 is 1.52 bits per heavy atom. The lowest BCUT2D eigenvalue weighted by molar-refractivity contribution is -0.130. The summed E-state index contributed by atoms with van der Waals surface area (Å²) < 4.78 is 5.33. The quantitative estimate of drug-likeness (QED) is 0.735. The van der Waals surface area contributed by atoms with Crippen LogP contribution in [-0.4, -0.2) is 29.5 Å². The van der Waals surface area contributed by atoms with Crippen molar-refractivity contribution in [2.24, 2.45) is 11.8 Å². The van der Waals surface area contributed by atoms with E-state index in [-0.39, 0.29) is 30.4 Å². The third kappa shape index (κ3) is 4.21. The van der Waals surface area contributed by atoms with Crippen molar-refractivity contribution in [1.82, 2.24) is 4.90 Å². The van der Waals surface area contributed by atoms with Gasteiger partial charge >= 0.3 is 6.09 Å². The largest absolute Gasteiger partial charge is 0.447 e. The number of nitrogens with zero attached hydrogens (tertiary/aromatic N) is 1. The lowest BCUT2D eigenvalue weighted by Crippen LogP contribution is -2.43. The molecule has 1 aliphatic rings. The van der Waals surface area contributed by atoms with E-state index in [0.29, 0.717) is 12.3 Å². The van der Waals surface area contributed by atoms with Gasteiger partial charge in [0, 0.05) is 12.3 Å². The maximum Gasteiger partial charge on any atom is 0.417 e. The monoisotopic (exact) mass is 365 g/mol. The Morgan fingerprint density at radius 3 is 2.00 bits per heavy atom. The molecule has 2 aromatic rings. The first-order valence-electron chi connectivity index (χ1n) is 9.57. The number of amides is 2. The van der Waals surface area contributed by atoms with Gasteiger partial charge in [-0.3, -0.25) is 4.79 Å². The fourth-order valence-electron chi connectivity index (χ4n) is 3.54. The first kappa shape index (κ1) is 19.2. The summed E-state index contributed by atoms with van der Waals surface area (Å²) in [5.41, 5.74) is 2.14. The second-order valence-corrected chi connectivity index (χ2v) is 7.63. The van der Waals surface area contributed by atoms with Crippen LogP contribution in [0.4, 0.5) is 4.79 Å². The second kappa shape index (κ2) is 8.38. The van der Waals surface area contributed by atoms with Gasteiger partial charge in [-0.2, -0.15) is 0 Å². The molecule has 0 bridgehead atoms. The molecule has 2 aromatic carbocycles. The molecule has 4 heteroatoms. The smallest absolute Gasteiger partial charge is 0.417 e. The van der Waals surface area contributed by atoms with E-state index in [4.69, 9.17) is 4.74 Å². The number of hydrogen-bond acceptors (Lipinski definition) is 3. The average Bonchev–Trinajstić information content (AvgIpc) is 3.05. The van der Waals surface area contributed by atoms with E-state index in [2.05, 4.69) is 13.8 Å². The summed E-state index contributed by atoms with van der Waals surface area (Å²) >= 11 is 0. The SMILES string of the molecule is CC(C)[C@H](C)CC(=O)N1C(=O)OC[C@H]1C(c1ccccc1)c1ccccc1. The van der Waals surface area contributed by atoms with Crippen LogP contribution in [0, 0.1) is 11.8 Å². The summed E-state index contributed by atoms with van der Waals surface area (Å²) in [5, 5.41) is 0. The predicted molar refractivity (Wildman–Crippen MR) is 105 cm³/mol. The van der Waals surface area contributed by atoms with Gasteiger partial charge in [-0.15, -0.1) is 0 Å². The van der Waals surface area contributed by atoms with Gasteiger partial charge < -0.3 is 4.74 Å². The van der Waals surface area contributed by atoms with E-state index in [1.165, 1.54) is 4.90 Å². The Hall–Kier alpha value is -2.62. The fraction of sp³-hybridized carbons (Fsp3) is 0.391. The number of carbonyl (C=O) groups excluding carboxylic acids is 2. The van der Waals surface area contributed by atoms with Gasteiger partial charge in [0.1, 0.15) is 6.61 Å². The molecule has 0 spiro atoms. The molecule has 2 atom stereocenters. The molecule has 1 fully saturated rings. The summed E-state index contributed by atoms with van der Waals surface area (Å²) in [6.45, 7) is 6.45. The lowest BCUT2D eigenvalue weighted by atomic mass is 9.84. The minimum Gasteiger partial charge on any atom is -0.447 e. The van der Waals surface area contributed by atoms with Crippen LogP contribution >= 0.6 is 0 Å². The number of rotatable bonds is 6. The van der Waals surface area contributed by atoms with Crippen molar-refractivity contribution in [2.75, 3.05) is 6.61 Å². The standard InChI is InChI=1S/C23H27NO3/c1-16(2)17(3)14-21(25)24-20(15-27-23(24)26)22(18-10-6-4-7-11-18)19-12-8-5-9-13-19/h4-13,16-17,20,22H,14-15H2,1-3H3/t17-,20+/m1/s1. The van der Waals surface area contributed by atoms with Crippen LogP contribution in [0.25, 0.3) is 0 Å². The molecule has 0 aliphatic carbocycles. The predicted octanol–water partition coefficient (Wildman–Crippen LogP) is 4.85. The van der Waals surface area contributed by atoms with Crippen molar-refractivity contribution in [1.29, 1.82) is 0 Å². The molecule has 0 saturated carbocycles. The zero-order valence-corrected chi connectivity index (χ0v) is 16.2. The van der Waals surface area contributed by atoms with Crippen molar-refractivity contribution in [3.8, 4) is 0 Å². The van der Waals surface area contributed by atoms with Crippen molar-refractivity contribution >= 4 is 12.0 Å². The van der Waals surface area contributed by atoms with E-state index >= 15 is 0 Å². The Kier molecular flexibility index (Phi) is 5.94. The molecule has 2 amide bonds. The van der Waals surface area contributed by atoms with Gasteiger partial charge in [0.2, 0.25) is 5.91 Å². The highest BCUT2D eigenvalue weighted by atomic mass is 16.6. The van der Waals surface area contributed by atoms with Gasteiger partial charge in [0.05, 0.1) is 6.04 Å². The highest BCUT2D eigenvalue weighted by molar-refractivity contribution is 5.94. The topological polar surface area (TPSA) is 46.6 Å². The van der Waals surface area contributed by atoms with Gasteiger partial charge in [-0.25, -0.2) is 9.69 Å². The molecule has 142 valence electrons. The van der Waals surface area contributed by atoms with Crippen LogP contribution in [0.5, 0.6) is 0 Å². The van der Waals surface area contributed by atoms with Gasteiger partial charge in [-0.1, -0.05) is 81.4 Å². The molecule has 4 nitrogen and oxygen atoms in total. The summed E-state index contributed by atoms with van der Waals surface area (Å²) in [7, 11) is 0. The van der Waals surface area contributed by atoms with E-state index in [0.717, 1.165) is 11.1 Å². The molecule has 27 heavy (non-hydrogen) atoms. The summed E-state index contributed by atoms with van der Waals surface area (Å²) in [4.78, 5) is 26.8. The number of cyclic esters (lactones) is 1. The molecule has 0 unspecified atom stereocenters. The Labute approximate surface area is 161 Å². The van der Waals surface area contributed by atoms with E-state index in [1.54, 1.807) is 0 Å². The van der Waals surface area contributed by atoms with E-state index < -0.39 is 6.09 Å². The highest BCUT2D eigenvalue weighted by Crippen LogP contribution is 2.35. The van der Waals surface area contributed by atoms with Crippen LogP contribution in [-0.2, 0) is 9.53 Å².